The van der Waals surface area contributed by atoms with Gasteiger partial charge in [0.2, 0.25) is 11.8 Å². The monoisotopic (exact) mass is 358 g/mol. The van der Waals surface area contributed by atoms with E-state index in [1.54, 1.807) is 12.4 Å². The van der Waals surface area contributed by atoms with Crippen molar-refractivity contribution in [3.8, 4) is 0 Å². The number of carbonyl (C=O) groups excluding carboxylic acids is 2. The standard InChI is InChI=1S/C19H26N4O3/c24-18(5-4-13-9-20-12-21-10-13)23-7-6-14-8-16(26-17(14)11-23)19(25)22-15-2-1-3-15/h9-10,12,14-17H,1-8,11H2,(H,22,25)/t14-,16?,17-/m0/s1. The van der Waals surface area contributed by atoms with Crippen molar-refractivity contribution in [3.05, 3.63) is 24.3 Å². The van der Waals surface area contributed by atoms with Gasteiger partial charge in [-0.15, -0.1) is 0 Å². The summed E-state index contributed by atoms with van der Waals surface area (Å²) in [6, 6.07) is 0.341. The van der Waals surface area contributed by atoms with Crippen molar-refractivity contribution < 1.29 is 14.3 Å². The number of hydrogen-bond donors (Lipinski definition) is 1. The van der Waals surface area contributed by atoms with Gasteiger partial charge < -0.3 is 15.0 Å². The molecule has 1 saturated carbocycles. The number of fused-ring (bicyclic) bond motifs is 1. The molecule has 3 fully saturated rings. The van der Waals surface area contributed by atoms with Crippen molar-refractivity contribution in [2.45, 2.75) is 63.2 Å². The van der Waals surface area contributed by atoms with E-state index in [1.165, 1.54) is 12.7 Å². The minimum Gasteiger partial charge on any atom is -0.363 e. The zero-order chi connectivity index (χ0) is 17.9. The molecule has 1 unspecified atom stereocenters. The summed E-state index contributed by atoms with van der Waals surface area (Å²) in [7, 11) is 0. The third kappa shape index (κ3) is 3.87. The van der Waals surface area contributed by atoms with E-state index in [2.05, 4.69) is 15.3 Å². The van der Waals surface area contributed by atoms with Gasteiger partial charge in [0.25, 0.3) is 0 Å². The Kier molecular flexibility index (Phi) is 5.15. The number of hydrogen-bond acceptors (Lipinski definition) is 5. The first kappa shape index (κ1) is 17.4. The maximum Gasteiger partial charge on any atom is 0.249 e. The first-order valence-electron chi connectivity index (χ1n) is 9.66. The van der Waals surface area contributed by atoms with E-state index in [4.69, 9.17) is 4.74 Å². The molecular formula is C19H26N4O3. The molecule has 1 N–H and O–H groups in total. The van der Waals surface area contributed by atoms with Gasteiger partial charge in [-0.3, -0.25) is 9.59 Å². The molecule has 140 valence electrons. The third-order valence-corrected chi connectivity index (χ3v) is 5.89. The van der Waals surface area contributed by atoms with E-state index in [1.807, 2.05) is 4.90 Å². The fraction of sp³-hybridized carbons (Fsp3) is 0.684. The van der Waals surface area contributed by atoms with Crippen molar-refractivity contribution in [3.63, 3.8) is 0 Å². The third-order valence-electron chi connectivity index (χ3n) is 5.89. The highest BCUT2D eigenvalue weighted by Gasteiger charge is 2.43. The van der Waals surface area contributed by atoms with Crippen LogP contribution in [0.5, 0.6) is 0 Å². The van der Waals surface area contributed by atoms with Crippen LogP contribution in [-0.2, 0) is 20.7 Å². The molecule has 2 saturated heterocycles. The van der Waals surface area contributed by atoms with Crippen molar-refractivity contribution in [1.82, 2.24) is 20.2 Å². The molecule has 1 aromatic rings. The summed E-state index contributed by atoms with van der Waals surface area (Å²) in [6.45, 7) is 1.35. The van der Waals surface area contributed by atoms with E-state index in [-0.39, 0.29) is 24.0 Å². The fourth-order valence-corrected chi connectivity index (χ4v) is 4.04. The molecule has 0 bridgehead atoms. The first-order valence-corrected chi connectivity index (χ1v) is 9.66. The molecule has 2 aliphatic heterocycles. The molecule has 7 heteroatoms. The molecule has 2 amide bonds. The molecule has 7 nitrogen and oxygen atoms in total. The van der Waals surface area contributed by atoms with Crippen LogP contribution in [0.15, 0.2) is 18.7 Å². The SMILES string of the molecule is O=C(NC1CCC1)C1C[C@@H]2CCN(C(=O)CCc3cncnc3)C[C@@H]2O1. The Morgan fingerprint density at radius 1 is 1.23 bits per heavy atom. The molecule has 1 aliphatic carbocycles. The normalized spacial score (nSPS) is 28.3. The van der Waals surface area contributed by atoms with Gasteiger partial charge in [0.05, 0.1) is 6.10 Å². The average Bonchev–Trinajstić information content (AvgIpc) is 3.06. The van der Waals surface area contributed by atoms with Gasteiger partial charge in [0.1, 0.15) is 12.4 Å². The van der Waals surface area contributed by atoms with E-state index < -0.39 is 0 Å². The van der Waals surface area contributed by atoms with E-state index in [9.17, 15) is 9.59 Å². The van der Waals surface area contributed by atoms with Crippen LogP contribution in [0.3, 0.4) is 0 Å². The van der Waals surface area contributed by atoms with E-state index in [0.717, 1.165) is 37.8 Å². The van der Waals surface area contributed by atoms with Gasteiger partial charge >= 0.3 is 0 Å². The number of nitrogens with one attached hydrogen (secondary N) is 1. The molecule has 0 radical (unpaired) electrons. The Labute approximate surface area is 153 Å². The van der Waals surface area contributed by atoms with Crippen molar-refractivity contribution in [1.29, 1.82) is 0 Å². The van der Waals surface area contributed by atoms with Crippen LogP contribution in [0.25, 0.3) is 0 Å². The van der Waals surface area contributed by atoms with Crippen LogP contribution < -0.4 is 5.32 Å². The second-order valence-corrected chi connectivity index (χ2v) is 7.67. The van der Waals surface area contributed by atoms with E-state index >= 15 is 0 Å². The molecule has 26 heavy (non-hydrogen) atoms. The number of aromatic nitrogens is 2. The Hall–Kier alpha value is -2.02. The summed E-state index contributed by atoms with van der Waals surface area (Å²) < 4.78 is 6.01. The number of piperidine rings is 1. The molecule has 3 heterocycles. The zero-order valence-corrected chi connectivity index (χ0v) is 15.0. The molecule has 3 aliphatic rings. The summed E-state index contributed by atoms with van der Waals surface area (Å²) in [5, 5.41) is 3.08. The van der Waals surface area contributed by atoms with Gasteiger partial charge in [-0.1, -0.05) is 0 Å². The predicted octanol–water partition coefficient (Wildman–Crippen LogP) is 1.08. The Balaban J connectivity index is 1.26. The van der Waals surface area contributed by atoms with Crippen LogP contribution in [0.1, 0.15) is 44.1 Å². The number of likely N-dealkylation sites (tertiary alicyclic amines) is 1. The van der Waals surface area contributed by atoms with E-state index in [0.29, 0.717) is 31.3 Å². The van der Waals surface area contributed by atoms with Gasteiger partial charge in [0.15, 0.2) is 0 Å². The zero-order valence-electron chi connectivity index (χ0n) is 15.0. The minimum atomic E-state index is -0.345. The first-order chi connectivity index (χ1) is 12.7. The summed E-state index contributed by atoms with van der Waals surface area (Å²) in [6.07, 6.45) is 10.8. The van der Waals surface area contributed by atoms with Crippen LogP contribution >= 0.6 is 0 Å². The lowest BCUT2D eigenvalue weighted by Gasteiger charge is -2.34. The summed E-state index contributed by atoms with van der Waals surface area (Å²) >= 11 is 0. The Bertz CT molecular complexity index is 649. The lowest BCUT2D eigenvalue weighted by molar-refractivity contribution is -0.138. The summed E-state index contributed by atoms with van der Waals surface area (Å²) in [4.78, 5) is 34.7. The van der Waals surface area contributed by atoms with Crippen LogP contribution in [0.2, 0.25) is 0 Å². The highest BCUT2D eigenvalue weighted by molar-refractivity contribution is 5.81. The number of amides is 2. The van der Waals surface area contributed by atoms with Crippen molar-refractivity contribution in [2.24, 2.45) is 5.92 Å². The van der Waals surface area contributed by atoms with Gasteiger partial charge in [-0.05, 0) is 50.0 Å². The van der Waals surface area contributed by atoms with Crippen molar-refractivity contribution >= 4 is 11.8 Å². The summed E-state index contributed by atoms with van der Waals surface area (Å²) in [5.74, 6) is 0.558. The van der Waals surface area contributed by atoms with Gasteiger partial charge in [-0.25, -0.2) is 9.97 Å². The quantitative estimate of drug-likeness (QED) is 0.852. The topological polar surface area (TPSA) is 84.4 Å². The fourth-order valence-electron chi connectivity index (χ4n) is 4.04. The number of ether oxygens (including phenoxy) is 1. The van der Waals surface area contributed by atoms with Crippen LogP contribution in [0, 0.1) is 5.92 Å². The molecule has 3 atom stereocenters. The maximum atomic E-state index is 12.5. The number of aryl methyl sites for hydroxylation is 1. The second kappa shape index (κ2) is 7.70. The maximum absolute atomic E-state index is 12.5. The number of carbonyl (C=O) groups is 2. The molecule has 0 aromatic carbocycles. The van der Waals surface area contributed by atoms with Gasteiger partial charge in [0, 0.05) is 37.9 Å². The lowest BCUT2D eigenvalue weighted by atomic mass is 9.90. The molecule has 0 spiro atoms. The molecule has 4 rings (SSSR count). The minimum absolute atomic E-state index is 0.00935. The Morgan fingerprint density at radius 3 is 2.77 bits per heavy atom. The Morgan fingerprint density at radius 2 is 2.04 bits per heavy atom. The van der Waals surface area contributed by atoms with Crippen LogP contribution in [-0.4, -0.2) is 58.0 Å². The lowest BCUT2D eigenvalue weighted by Crippen LogP contribution is -2.46. The highest BCUT2D eigenvalue weighted by Crippen LogP contribution is 2.34. The second-order valence-electron chi connectivity index (χ2n) is 7.67. The largest absolute Gasteiger partial charge is 0.363 e. The average molecular weight is 358 g/mol. The number of nitrogens with zero attached hydrogens (tertiary/aromatic N) is 3. The van der Waals surface area contributed by atoms with Crippen molar-refractivity contribution in [2.75, 3.05) is 13.1 Å². The highest BCUT2D eigenvalue weighted by atomic mass is 16.5. The smallest absolute Gasteiger partial charge is 0.249 e. The number of rotatable bonds is 5. The predicted molar refractivity (Wildman–Crippen MR) is 94.1 cm³/mol. The van der Waals surface area contributed by atoms with Crippen LogP contribution in [0.4, 0.5) is 0 Å². The van der Waals surface area contributed by atoms with Gasteiger partial charge in [-0.2, -0.15) is 0 Å². The molecule has 1 aromatic heterocycles. The summed E-state index contributed by atoms with van der Waals surface area (Å²) in [5.41, 5.74) is 0.973. The molecular weight excluding hydrogens is 332 g/mol.